The number of hydrogen-bond donors (Lipinski definition) is 0. The predicted octanol–water partition coefficient (Wildman–Crippen LogP) is 6.98. The van der Waals surface area contributed by atoms with Gasteiger partial charge in [-0.05, 0) is 26.7 Å². The number of carbonyl (C=O) groups is 2. The van der Waals surface area contributed by atoms with Gasteiger partial charge in [0.1, 0.15) is 0 Å². The summed E-state index contributed by atoms with van der Waals surface area (Å²) in [6, 6.07) is 0. The van der Waals surface area contributed by atoms with Gasteiger partial charge in [-0.25, -0.2) is 0 Å². The van der Waals surface area contributed by atoms with Crippen molar-refractivity contribution in [2.45, 2.75) is 131 Å². The van der Waals surface area contributed by atoms with Crippen molar-refractivity contribution >= 4 is 61.1 Å². The van der Waals surface area contributed by atoms with Crippen LogP contribution in [0.15, 0.2) is 0 Å². The van der Waals surface area contributed by atoms with Gasteiger partial charge in [-0.2, -0.15) is 11.5 Å². The van der Waals surface area contributed by atoms with Gasteiger partial charge in [0.15, 0.2) is 0 Å². The Morgan fingerprint density at radius 2 is 0.949 bits per heavy atom. The second-order valence-electron chi connectivity index (χ2n) is 8.70. The molecule has 0 amide bonds. The third kappa shape index (κ3) is 55.0. The fourth-order valence-electron chi connectivity index (χ4n) is 2.01. The molecule has 6 nitrogen and oxygen atoms in total. The first-order valence-electron chi connectivity index (χ1n) is 14.5. The van der Waals surface area contributed by atoms with Gasteiger partial charge in [-0.15, -0.1) is 0 Å². The van der Waals surface area contributed by atoms with Crippen LogP contribution in [0.25, 0.3) is 0 Å². The molecule has 0 saturated heterocycles. The second kappa shape index (κ2) is 45.3. The minimum Gasteiger partial charge on any atom is -0.792 e. The van der Waals surface area contributed by atoms with Crippen molar-refractivity contribution in [3.8, 4) is 0 Å². The SMILES string of the molecule is CCCCOC(C)CCOC(=O)CC[S-].CCCCOC(C)CCOC(=O)CC[S-].[CH2]CCC.[CH2]CCC.[Sn+2]. The van der Waals surface area contributed by atoms with Crippen LogP contribution in [-0.2, 0) is 53.8 Å². The third-order valence-corrected chi connectivity index (χ3v) is 5.10. The van der Waals surface area contributed by atoms with Crippen LogP contribution in [0.1, 0.15) is 119 Å². The number of carbonyl (C=O) groups excluding carboxylic acids is 2. The van der Waals surface area contributed by atoms with E-state index in [9.17, 15) is 9.59 Å². The standard InChI is InChI=1S/2C11H22O3S.2C4H9.Sn/c2*1-3-4-7-13-10(2)5-8-14-11(12)6-9-15;2*1-3-4-2;/h2*10,15H,3-9H2,1-2H3;2*1,3-4H2,2H3;/q;;;;+2/p-2. The van der Waals surface area contributed by atoms with Crippen molar-refractivity contribution in [3.63, 3.8) is 0 Å². The Labute approximate surface area is 271 Å². The molecule has 0 rings (SSSR count). The first kappa shape index (κ1) is 49.1. The van der Waals surface area contributed by atoms with Gasteiger partial charge in [0.2, 0.25) is 0 Å². The average Bonchev–Trinajstić information content (AvgIpc) is 2.90. The molecule has 232 valence electrons. The van der Waals surface area contributed by atoms with Crippen molar-refractivity contribution in [3.05, 3.63) is 13.8 Å². The molecule has 0 heterocycles. The van der Waals surface area contributed by atoms with Crippen LogP contribution in [0, 0.1) is 13.8 Å². The Hall–Kier alpha value is 0.359. The summed E-state index contributed by atoms with van der Waals surface area (Å²) in [5, 5.41) is 0. The summed E-state index contributed by atoms with van der Waals surface area (Å²) in [7, 11) is 0. The van der Waals surface area contributed by atoms with Crippen molar-refractivity contribution in [1.82, 2.24) is 0 Å². The Morgan fingerprint density at radius 1 is 0.641 bits per heavy atom. The summed E-state index contributed by atoms with van der Waals surface area (Å²) in [5.41, 5.74) is 0. The number of esters is 2. The van der Waals surface area contributed by atoms with Crippen LogP contribution >= 0.6 is 0 Å². The van der Waals surface area contributed by atoms with Crippen molar-refractivity contribution in [1.29, 1.82) is 0 Å². The van der Waals surface area contributed by atoms with E-state index in [2.05, 4.69) is 66.8 Å². The van der Waals surface area contributed by atoms with E-state index >= 15 is 0 Å². The van der Waals surface area contributed by atoms with Gasteiger partial charge in [0.25, 0.3) is 0 Å². The van der Waals surface area contributed by atoms with E-state index in [0.29, 0.717) is 37.6 Å². The van der Waals surface area contributed by atoms with E-state index in [4.69, 9.17) is 18.9 Å². The van der Waals surface area contributed by atoms with Gasteiger partial charge < -0.3 is 44.2 Å². The van der Waals surface area contributed by atoms with Crippen LogP contribution in [0.5, 0.6) is 0 Å². The van der Waals surface area contributed by atoms with Crippen molar-refractivity contribution in [2.24, 2.45) is 0 Å². The Kier molecular flexibility index (Phi) is 57.0. The van der Waals surface area contributed by atoms with Crippen LogP contribution in [-0.4, -0.2) is 86.0 Å². The Morgan fingerprint density at radius 3 is 1.18 bits per heavy atom. The van der Waals surface area contributed by atoms with E-state index in [0.717, 1.165) is 64.6 Å². The first-order valence-corrected chi connectivity index (χ1v) is 15.7. The molecule has 0 aromatic carbocycles. The molecule has 0 aromatic heterocycles. The zero-order chi connectivity index (χ0) is 29.9. The number of hydrogen-bond acceptors (Lipinski definition) is 8. The molecule has 2 unspecified atom stereocenters. The van der Waals surface area contributed by atoms with Crippen LogP contribution in [0.3, 0.4) is 0 Å². The predicted molar refractivity (Wildman–Crippen MR) is 172 cm³/mol. The zero-order valence-corrected chi connectivity index (χ0v) is 30.5. The summed E-state index contributed by atoms with van der Waals surface area (Å²) < 4.78 is 21.0. The first-order chi connectivity index (χ1) is 18.2. The largest absolute Gasteiger partial charge is 2.00 e. The molecule has 2 atom stereocenters. The quantitative estimate of drug-likeness (QED) is 0.0584. The monoisotopic (exact) mass is 700 g/mol. The summed E-state index contributed by atoms with van der Waals surface area (Å²) in [6.07, 6.45) is 11.5. The molecule has 0 aliphatic heterocycles. The fraction of sp³-hybridized carbons (Fsp3) is 0.867. The Bertz CT molecular complexity index is 415. The van der Waals surface area contributed by atoms with Crippen LogP contribution < -0.4 is 0 Å². The Balaban J connectivity index is -0.000000152. The summed E-state index contributed by atoms with van der Waals surface area (Å²) in [5.74, 6) is 0.458. The molecule has 4 radical (unpaired) electrons. The number of ether oxygens (including phenoxy) is 4. The van der Waals surface area contributed by atoms with Gasteiger partial charge in [-0.1, -0.05) is 80.1 Å². The second-order valence-corrected chi connectivity index (χ2v) is 9.52. The molecule has 0 N–H and O–H groups in total. The molecule has 0 aromatic rings. The normalized spacial score (nSPS) is 11.1. The minimum atomic E-state index is -0.203. The van der Waals surface area contributed by atoms with Crippen LogP contribution in [0.2, 0.25) is 0 Å². The van der Waals surface area contributed by atoms with Crippen molar-refractivity contribution < 1.29 is 28.5 Å². The molecular weight excluding hydrogens is 639 g/mol. The maximum Gasteiger partial charge on any atom is 2.00 e. The van der Waals surface area contributed by atoms with E-state index in [-0.39, 0.29) is 48.1 Å². The molecule has 0 saturated carbocycles. The van der Waals surface area contributed by atoms with Gasteiger partial charge in [-0.3, -0.25) is 9.59 Å². The molecular formula is C30H60O6S2Sn. The smallest absolute Gasteiger partial charge is 0.792 e. The average molecular weight is 700 g/mol. The molecule has 0 fully saturated rings. The summed E-state index contributed by atoms with van der Waals surface area (Å²) in [6.45, 7) is 22.1. The van der Waals surface area contributed by atoms with Crippen LogP contribution in [0.4, 0.5) is 0 Å². The summed E-state index contributed by atoms with van der Waals surface area (Å²) >= 11 is 9.35. The number of unbranched alkanes of at least 4 members (excludes halogenated alkanes) is 4. The minimum absolute atomic E-state index is 0. The number of rotatable bonds is 20. The fourth-order valence-corrected chi connectivity index (χ4v) is 2.35. The molecule has 9 heteroatoms. The molecule has 0 aliphatic carbocycles. The molecule has 0 aliphatic rings. The van der Waals surface area contributed by atoms with E-state index in [1.54, 1.807) is 0 Å². The van der Waals surface area contributed by atoms with E-state index in [1.165, 1.54) is 12.8 Å². The third-order valence-electron chi connectivity index (χ3n) is 4.69. The summed E-state index contributed by atoms with van der Waals surface area (Å²) in [4.78, 5) is 21.9. The maximum absolute atomic E-state index is 11.0. The molecule has 0 spiro atoms. The topological polar surface area (TPSA) is 71.1 Å². The van der Waals surface area contributed by atoms with E-state index in [1.807, 2.05) is 13.8 Å². The van der Waals surface area contributed by atoms with Gasteiger partial charge in [0, 0.05) is 38.9 Å². The van der Waals surface area contributed by atoms with Gasteiger partial charge >= 0.3 is 35.8 Å². The zero-order valence-electron chi connectivity index (χ0n) is 26.1. The van der Waals surface area contributed by atoms with E-state index < -0.39 is 0 Å². The molecule has 39 heavy (non-hydrogen) atoms. The van der Waals surface area contributed by atoms with Gasteiger partial charge in [0.05, 0.1) is 25.4 Å². The van der Waals surface area contributed by atoms with Crippen molar-refractivity contribution in [2.75, 3.05) is 37.9 Å². The maximum atomic E-state index is 11.0. The molecule has 0 bridgehead atoms.